The summed E-state index contributed by atoms with van der Waals surface area (Å²) in [5.41, 5.74) is -2.04. The number of fused-ring (bicyclic) bond motifs is 2. The lowest BCUT2D eigenvalue weighted by atomic mass is 9.90. The number of aryl methyl sites for hydroxylation is 1. The first kappa shape index (κ1) is 81.4. The van der Waals surface area contributed by atoms with Gasteiger partial charge in [-0.1, -0.05) is 97.0 Å². The van der Waals surface area contributed by atoms with Gasteiger partial charge in [0.1, 0.15) is 65.7 Å². The Balaban J connectivity index is 1.30. The third-order valence-corrected chi connectivity index (χ3v) is 22.1. The number of hydrogen-bond donors (Lipinski definition) is 3. The highest BCUT2D eigenvalue weighted by atomic mass is 35.5. The number of likely N-dealkylation sites (tertiary alicyclic amines) is 1. The molecule has 11 atom stereocenters. The van der Waals surface area contributed by atoms with Crippen LogP contribution in [0.15, 0.2) is 42.5 Å². The molecular weight excluding hydrogens is 1350 g/mol. The van der Waals surface area contributed by atoms with Crippen molar-refractivity contribution in [1.82, 2.24) is 60.0 Å². The number of halogens is 5. The fraction of sp³-hybridized carbons (Fsp3) is 0.671. The highest BCUT2D eigenvalue weighted by Crippen LogP contribution is 2.37. The molecule has 7 rings (SSSR count). The normalized spacial score (nSPS) is 26.6. The van der Waals surface area contributed by atoms with Gasteiger partial charge in [-0.2, -0.15) is 13.2 Å². The van der Waals surface area contributed by atoms with Crippen LogP contribution in [0.1, 0.15) is 161 Å². The molecule has 4 saturated heterocycles. The van der Waals surface area contributed by atoms with Crippen LogP contribution < -0.4 is 16.0 Å². The fourth-order valence-electron chi connectivity index (χ4n) is 14.7. The summed E-state index contributed by atoms with van der Waals surface area (Å²) < 4.78 is 56.0. The molecule has 29 heteroatoms. The van der Waals surface area contributed by atoms with Gasteiger partial charge in [-0.15, -0.1) is 0 Å². The van der Waals surface area contributed by atoms with Gasteiger partial charge in [-0.05, 0) is 131 Å². The molecule has 0 unspecified atom stereocenters. The summed E-state index contributed by atoms with van der Waals surface area (Å²) in [6.07, 6.45) is -1.16. The number of hydrogen-bond acceptors (Lipinski definition) is 12. The van der Waals surface area contributed by atoms with E-state index in [4.69, 9.17) is 11.6 Å². The molecule has 1 saturated carbocycles. The maximum atomic E-state index is 15.6. The second-order valence-electron chi connectivity index (χ2n) is 29.2. The first-order valence-electron chi connectivity index (χ1n) is 36.0. The number of nitrogens with one attached hydrogen (secondary N) is 3. The van der Waals surface area contributed by atoms with Crippen molar-refractivity contribution >= 4 is 82.5 Å². The average molecular weight is 1450 g/mol. The Bertz CT molecular complexity index is 3410. The lowest BCUT2D eigenvalue weighted by Gasteiger charge is -2.45. The molecule has 2 aromatic carbocycles. The number of piperidine rings is 1. The van der Waals surface area contributed by atoms with E-state index < -0.39 is 178 Å². The van der Waals surface area contributed by atoms with Gasteiger partial charge in [-0.3, -0.25) is 57.5 Å². The van der Waals surface area contributed by atoms with Gasteiger partial charge in [-0.25, -0.2) is 4.39 Å². The van der Waals surface area contributed by atoms with E-state index >= 15 is 28.8 Å². The van der Waals surface area contributed by atoms with Crippen molar-refractivity contribution in [2.75, 3.05) is 75.0 Å². The minimum Gasteiger partial charge on any atom is -0.343 e. The first-order valence-corrected chi connectivity index (χ1v) is 36.4. The Morgan fingerprint density at radius 1 is 0.627 bits per heavy atom. The fourth-order valence-corrected chi connectivity index (χ4v) is 15.0. The number of amides is 12. The summed E-state index contributed by atoms with van der Waals surface area (Å²) >= 11 is 6.14. The SMILES string of the molecule is CC[C@H](C)[C@@H]1NC(=O)[C@H](CC(C)C)N(C)C(=O)C[C@@H](C(=O)N2CCCCC2)N(C)C(=O)[C@H]([C@@H](C)CC)N(C)C(=O)C2(CCCC2)NC(=O)[C@@H]2CCCN2C(=O)[C@H](CCc2ccc(C(F)(F)F)c(Cl)c2)NC(=O)CN(C)C(=O)[C@H](Cc2ccc(F)cc2)N(C)C(=O)[C@@H]2CCN2C(=O)[C@H](C)N(C)C1=O. The molecule has 5 fully saturated rings. The van der Waals surface area contributed by atoms with Gasteiger partial charge in [0.15, 0.2) is 0 Å². The average Bonchev–Trinajstić information content (AvgIpc) is 1.39. The van der Waals surface area contributed by atoms with Crippen LogP contribution in [0, 0.1) is 23.6 Å². The number of alkyl halides is 3. The lowest BCUT2D eigenvalue weighted by Crippen LogP contribution is -2.65. The highest BCUT2D eigenvalue weighted by Gasteiger charge is 2.52. The van der Waals surface area contributed by atoms with Crippen LogP contribution in [0.2, 0.25) is 5.02 Å². The lowest BCUT2D eigenvalue weighted by molar-refractivity contribution is -0.160. The zero-order chi connectivity index (χ0) is 75.6. The van der Waals surface area contributed by atoms with Crippen molar-refractivity contribution in [2.45, 2.75) is 224 Å². The zero-order valence-corrected chi connectivity index (χ0v) is 62.1. The smallest absolute Gasteiger partial charge is 0.343 e. The quantitative estimate of drug-likeness (QED) is 0.212. The van der Waals surface area contributed by atoms with Crippen LogP contribution in [0.4, 0.5) is 17.6 Å². The van der Waals surface area contributed by atoms with Crippen LogP contribution in [0.3, 0.4) is 0 Å². The monoisotopic (exact) mass is 1450 g/mol. The Morgan fingerprint density at radius 2 is 1.25 bits per heavy atom. The van der Waals surface area contributed by atoms with Crippen molar-refractivity contribution in [3.63, 3.8) is 0 Å². The van der Waals surface area contributed by atoms with E-state index in [-0.39, 0.29) is 82.4 Å². The van der Waals surface area contributed by atoms with Crippen molar-refractivity contribution in [3.8, 4) is 0 Å². The van der Waals surface area contributed by atoms with Gasteiger partial charge in [0.2, 0.25) is 70.9 Å². The molecule has 1 spiro atoms. The molecule has 1 aliphatic carbocycles. The maximum absolute atomic E-state index is 15.6. The van der Waals surface area contributed by atoms with Crippen molar-refractivity contribution in [1.29, 1.82) is 0 Å². The molecule has 12 amide bonds. The summed E-state index contributed by atoms with van der Waals surface area (Å²) in [7, 11) is 8.31. The van der Waals surface area contributed by atoms with E-state index in [2.05, 4.69) is 16.0 Å². The standard InChI is InChI=1S/C73H105ClF4N12O12/c1-14-44(5)60-69(100)83(9)46(7)64(95)90-37-31-54(90)67(98)85(11)56(40-48-23-27-49(75)28-24-48)66(97)82(8)42-58(91)79-52(30-26-47-25-29-50(51(74)39-47)73(76,77)78)65(96)89-36-21-22-53(89)63(94)81-72(32-17-18-33-72)71(102)87(13)61(45(6)15-2)70(101)86(12)57(68(99)88-34-19-16-20-35-88)41-59(92)84(10)55(38-43(3)4)62(93)80-60/h23-25,27-29,39,43-46,52-57,60-61H,14-22,26,30-38,40-42H2,1-13H3,(H,79,91)(H,80,93)(H,81,94)/t44-,45-,46-,52-,53-,54-,55-,56-,57-,60-,61-/m0/s1. The molecule has 4 heterocycles. The van der Waals surface area contributed by atoms with Gasteiger partial charge in [0.05, 0.1) is 23.6 Å². The Kier molecular flexibility index (Phi) is 28.0. The molecule has 2 aromatic rings. The molecule has 24 nitrogen and oxygen atoms in total. The Morgan fingerprint density at radius 3 is 1.82 bits per heavy atom. The third kappa shape index (κ3) is 18.9. The predicted octanol–water partition coefficient (Wildman–Crippen LogP) is 5.83. The van der Waals surface area contributed by atoms with Crippen LogP contribution in [-0.4, -0.2) is 250 Å². The van der Waals surface area contributed by atoms with E-state index in [9.17, 15) is 46.3 Å². The van der Waals surface area contributed by atoms with E-state index in [1.165, 1.54) is 109 Å². The molecule has 102 heavy (non-hydrogen) atoms. The van der Waals surface area contributed by atoms with Gasteiger partial charge in [0.25, 0.3) is 0 Å². The molecule has 0 bridgehead atoms. The summed E-state index contributed by atoms with van der Waals surface area (Å²) in [6.45, 7) is 12.4. The Hall–Kier alpha value is -7.91. The van der Waals surface area contributed by atoms with Gasteiger partial charge < -0.3 is 60.0 Å². The summed E-state index contributed by atoms with van der Waals surface area (Å²) in [5, 5.41) is 8.04. The number of nitrogens with zero attached hydrogens (tertiary/aromatic N) is 9. The summed E-state index contributed by atoms with van der Waals surface area (Å²) in [5.74, 6) is -10.2. The van der Waals surface area contributed by atoms with E-state index in [0.29, 0.717) is 57.2 Å². The molecular formula is C73H105ClF4N12O12. The largest absolute Gasteiger partial charge is 0.417 e. The molecule has 3 N–H and O–H groups in total. The van der Waals surface area contributed by atoms with Crippen LogP contribution >= 0.6 is 11.6 Å². The predicted molar refractivity (Wildman–Crippen MR) is 372 cm³/mol. The second-order valence-corrected chi connectivity index (χ2v) is 29.6. The zero-order valence-electron chi connectivity index (χ0n) is 61.3. The molecule has 0 aromatic heterocycles. The van der Waals surface area contributed by atoms with Crippen LogP contribution in [-0.2, 0) is 76.6 Å². The van der Waals surface area contributed by atoms with Gasteiger partial charge >= 0.3 is 6.18 Å². The highest BCUT2D eigenvalue weighted by molar-refractivity contribution is 6.31. The summed E-state index contributed by atoms with van der Waals surface area (Å²) in [6, 6.07) is -3.42. The van der Waals surface area contributed by atoms with Crippen molar-refractivity contribution < 1.29 is 75.1 Å². The minimum absolute atomic E-state index is 0.00532. The Labute approximate surface area is 601 Å². The van der Waals surface area contributed by atoms with E-state index in [1.807, 2.05) is 27.7 Å². The van der Waals surface area contributed by atoms with Crippen LogP contribution in [0.25, 0.3) is 0 Å². The molecule has 4 aliphatic heterocycles. The number of carbonyl (C=O) groups excluding carboxylic acids is 12. The number of carbonyl (C=O) groups is 12. The molecule has 564 valence electrons. The molecule has 0 radical (unpaired) electrons. The van der Waals surface area contributed by atoms with Gasteiger partial charge in [0, 0.05) is 74.9 Å². The van der Waals surface area contributed by atoms with Crippen LogP contribution in [0.5, 0.6) is 0 Å². The first-order chi connectivity index (χ1) is 48.0. The van der Waals surface area contributed by atoms with E-state index in [0.717, 1.165) is 28.4 Å². The number of likely N-dealkylation sites (N-methyl/N-ethyl adjacent to an activating group) is 6. The minimum atomic E-state index is -4.78. The van der Waals surface area contributed by atoms with Crippen molar-refractivity contribution in [3.05, 3.63) is 70.0 Å². The van der Waals surface area contributed by atoms with Crippen molar-refractivity contribution in [2.24, 2.45) is 17.8 Å². The number of benzene rings is 2. The maximum Gasteiger partial charge on any atom is 0.417 e. The second kappa shape index (κ2) is 35.0. The summed E-state index contributed by atoms with van der Waals surface area (Å²) in [4.78, 5) is 191. The third-order valence-electron chi connectivity index (χ3n) is 21.8. The topological polar surface area (TPSA) is 270 Å². The van der Waals surface area contributed by atoms with E-state index in [1.54, 1.807) is 18.7 Å². The molecule has 5 aliphatic rings. The number of rotatable bonds is 12.